The number of fused-ring (bicyclic) bond motifs is 1. The normalized spacial score (nSPS) is 14.8. The van der Waals surface area contributed by atoms with E-state index in [2.05, 4.69) is 15.2 Å². The summed E-state index contributed by atoms with van der Waals surface area (Å²) in [6, 6.07) is 13.2. The van der Waals surface area contributed by atoms with Crippen molar-refractivity contribution in [1.29, 1.82) is 0 Å². The predicted molar refractivity (Wildman–Crippen MR) is 115 cm³/mol. The molecule has 8 nitrogen and oxygen atoms in total. The van der Waals surface area contributed by atoms with Gasteiger partial charge in [-0.3, -0.25) is 4.79 Å². The Balaban J connectivity index is 1.16. The highest BCUT2D eigenvalue weighted by molar-refractivity contribution is 5.94. The van der Waals surface area contributed by atoms with Crippen molar-refractivity contribution in [3.63, 3.8) is 0 Å². The molecule has 0 atom stereocenters. The van der Waals surface area contributed by atoms with E-state index in [1.165, 1.54) is 0 Å². The van der Waals surface area contributed by atoms with Crippen LogP contribution in [0.3, 0.4) is 0 Å². The summed E-state index contributed by atoms with van der Waals surface area (Å²) in [7, 11) is 0. The monoisotopic (exact) mass is 416 g/mol. The van der Waals surface area contributed by atoms with Crippen molar-refractivity contribution >= 4 is 11.6 Å². The van der Waals surface area contributed by atoms with E-state index in [4.69, 9.17) is 4.74 Å². The van der Waals surface area contributed by atoms with Crippen molar-refractivity contribution in [2.45, 2.75) is 19.8 Å². The molecule has 8 heteroatoms. The van der Waals surface area contributed by atoms with Crippen molar-refractivity contribution in [2.24, 2.45) is 5.92 Å². The second-order valence-electron chi connectivity index (χ2n) is 7.90. The predicted octanol–water partition coefficient (Wildman–Crippen LogP) is 3.15. The highest BCUT2D eigenvalue weighted by Crippen LogP contribution is 2.21. The van der Waals surface area contributed by atoms with E-state index in [0.717, 1.165) is 43.0 Å². The van der Waals surface area contributed by atoms with Crippen LogP contribution in [0.25, 0.3) is 11.3 Å². The SMILES string of the molecule is Cc1cn2nc(OCC3CCN(C(=O)c4cccc(-n5cccn5)c4)CC3)ccc2n1. The fourth-order valence-electron chi connectivity index (χ4n) is 3.95. The zero-order valence-electron chi connectivity index (χ0n) is 17.4. The van der Waals surface area contributed by atoms with Gasteiger partial charge in [-0.2, -0.15) is 5.10 Å². The Labute approximate surface area is 180 Å². The van der Waals surface area contributed by atoms with Crippen molar-refractivity contribution < 1.29 is 9.53 Å². The minimum Gasteiger partial charge on any atom is -0.476 e. The molecule has 0 unspecified atom stereocenters. The number of imidazole rings is 1. The fourth-order valence-corrected chi connectivity index (χ4v) is 3.95. The summed E-state index contributed by atoms with van der Waals surface area (Å²) in [6.07, 6.45) is 7.31. The van der Waals surface area contributed by atoms with Gasteiger partial charge in [-0.1, -0.05) is 6.07 Å². The van der Waals surface area contributed by atoms with Gasteiger partial charge in [0.05, 0.1) is 24.2 Å². The molecule has 0 radical (unpaired) electrons. The van der Waals surface area contributed by atoms with Gasteiger partial charge in [-0.15, -0.1) is 5.10 Å². The van der Waals surface area contributed by atoms with E-state index >= 15 is 0 Å². The largest absolute Gasteiger partial charge is 0.476 e. The second kappa shape index (κ2) is 8.22. The number of hydrogen-bond acceptors (Lipinski definition) is 5. The van der Waals surface area contributed by atoms with Crippen molar-refractivity contribution in [3.8, 4) is 11.6 Å². The summed E-state index contributed by atoms with van der Waals surface area (Å²) in [5, 5.41) is 8.69. The first kappa shape index (κ1) is 19.3. The van der Waals surface area contributed by atoms with Crippen molar-refractivity contribution in [3.05, 3.63) is 72.3 Å². The molecule has 4 heterocycles. The molecule has 31 heavy (non-hydrogen) atoms. The number of nitrogens with zero attached hydrogens (tertiary/aromatic N) is 6. The molecule has 1 amide bonds. The molecule has 1 aliphatic heterocycles. The molecule has 0 N–H and O–H groups in total. The first-order valence-corrected chi connectivity index (χ1v) is 10.5. The third-order valence-corrected chi connectivity index (χ3v) is 5.65. The minimum absolute atomic E-state index is 0.0657. The van der Waals surface area contributed by atoms with Crippen LogP contribution in [0, 0.1) is 12.8 Å². The number of carbonyl (C=O) groups is 1. The Hall–Kier alpha value is -3.68. The van der Waals surface area contributed by atoms with E-state index in [-0.39, 0.29) is 5.91 Å². The maximum atomic E-state index is 13.0. The molecular formula is C23H24N6O2. The maximum Gasteiger partial charge on any atom is 0.253 e. The molecule has 1 fully saturated rings. The second-order valence-corrected chi connectivity index (χ2v) is 7.90. The number of likely N-dealkylation sites (tertiary alicyclic amines) is 1. The van der Waals surface area contributed by atoms with Gasteiger partial charge in [0.25, 0.3) is 5.91 Å². The Bertz CT molecular complexity index is 1190. The van der Waals surface area contributed by atoms with Crippen LogP contribution in [0.1, 0.15) is 28.9 Å². The molecule has 0 saturated carbocycles. The first-order valence-electron chi connectivity index (χ1n) is 10.5. The smallest absolute Gasteiger partial charge is 0.253 e. The van der Waals surface area contributed by atoms with Gasteiger partial charge >= 0.3 is 0 Å². The van der Waals surface area contributed by atoms with E-state index in [0.29, 0.717) is 24.0 Å². The lowest BCUT2D eigenvalue weighted by atomic mass is 9.97. The number of aryl methyl sites for hydroxylation is 1. The number of carbonyl (C=O) groups excluding carboxylic acids is 1. The number of amides is 1. The van der Waals surface area contributed by atoms with Gasteiger partial charge in [-0.05, 0) is 56.0 Å². The van der Waals surface area contributed by atoms with Gasteiger partial charge in [0, 0.05) is 37.1 Å². The van der Waals surface area contributed by atoms with Crippen molar-refractivity contribution in [2.75, 3.05) is 19.7 Å². The zero-order valence-corrected chi connectivity index (χ0v) is 17.4. The first-order chi connectivity index (χ1) is 15.2. The molecule has 1 saturated heterocycles. The lowest BCUT2D eigenvalue weighted by Gasteiger charge is -2.32. The molecule has 0 bridgehead atoms. The molecule has 5 rings (SSSR count). The van der Waals surface area contributed by atoms with Crippen molar-refractivity contribution in [1.82, 2.24) is 29.3 Å². The van der Waals surface area contributed by atoms with Gasteiger partial charge < -0.3 is 9.64 Å². The average Bonchev–Trinajstić information content (AvgIpc) is 3.46. The summed E-state index contributed by atoms with van der Waals surface area (Å²) in [4.78, 5) is 19.3. The Kier molecular flexibility index (Phi) is 5.11. The number of benzene rings is 1. The van der Waals surface area contributed by atoms with Crippen LogP contribution in [0.2, 0.25) is 0 Å². The summed E-state index contributed by atoms with van der Waals surface area (Å²) in [5.74, 6) is 1.07. The van der Waals surface area contributed by atoms with Crippen LogP contribution >= 0.6 is 0 Å². The third kappa shape index (κ3) is 4.14. The lowest BCUT2D eigenvalue weighted by Crippen LogP contribution is -2.39. The highest BCUT2D eigenvalue weighted by atomic mass is 16.5. The van der Waals surface area contributed by atoms with Gasteiger partial charge in [0.15, 0.2) is 5.65 Å². The number of aromatic nitrogens is 5. The molecule has 1 aliphatic rings. The maximum absolute atomic E-state index is 13.0. The van der Waals surface area contributed by atoms with Gasteiger partial charge in [0.1, 0.15) is 0 Å². The average molecular weight is 416 g/mol. The van der Waals surface area contributed by atoms with Crippen LogP contribution < -0.4 is 4.74 Å². The Morgan fingerprint density at radius 2 is 2.03 bits per heavy atom. The van der Waals surface area contributed by atoms with Crippen LogP contribution in [0.4, 0.5) is 0 Å². The third-order valence-electron chi connectivity index (χ3n) is 5.65. The molecular weight excluding hydrogens is 392 g/mol. The highest BCUT2D eigenvalue weighted by Gasteiger charge is 2.24. The number of hydrogen-bond donors (Lipinski definition) is 0. The van der Waals surface area contributed by atoms with E-state index in [9.17, 15) is 4.79 Å². The van der Waals surface area contributed by atoms with Crippen LogP contribution in [0.5, 0.6) is 5.88 Å². The number of rotatable bonds is 5. The summed E-state index contributed by atoms with van der Waals surface area (Å²) >= 11 is 0. The Morgan fingerprint density at radius 1 is 1.16 bits per heavy atom. The topological polar surface area (TPSA) is 77.5 Å². The number of ether oxygens (including phenoxy) is 1. The van der Waals surface area contributed by atoms with Crippen LogP contribution in [0.15, 0.2) is 61.1 Å². The molecule has 0 aliphatic carbocycles. The summed E-state index contributed by atoms with van der Waals surface area (Å²) in [6.45, 7) is 4.00. The van der Waals surface area contributed by atoms with E-state index in [1.807, 2.05) is 66.7 Å². The molecule has 3 aromatic heterocycles. The lowest BCUT2D eigenvalue weighted by molar-refractivity contribution is 0.0659. The zero-order chi connectivity index (χ0) is 21.2. The van der Waals surface area contributed by atoms with E-state index < -0.39 is 0 Å². The summed E-state index contributed by atoms with van der Waals surface area (Å²) < 4.78 is 9.43. The number of piperidine rings is 1. The van der Waals surface area contributed by atoms with E-state index in [1.54, 1.807) is 15.4 Å². The standard InChI is InChI=1S/C23H24N6O2/c1-17-15-29-21(25-17)6-7-22(26-29)31-16-18-8-12-27(13-9-18)23(30)19-4-2-5-20(14-19)28-11-3-10-24-28/h2-7,10-11,14-15,18H,8-9,12-13,16H2,1H3. The quantitative estimate of drug-likeness (QED) is 0.499. The van der Waals surface area contributed by atoms with Gasteiger partial charge in [0.2, 0.25) is 5.88 Å². The molecule has 1 aromatic carbocycles. The van der Waals surface area contributed by atoms with Gasteiger partial charge in [-0.25, -0.2) is 14.2 Å². The molecule has 158 valence electrons. The molecule has 4 aromatic rings. The summed E-state index contributed by atoms with van der Waals surface area (Å²) in [5.41, 5.74) is 3.32. The van der Waals surface area contributed by atoms with Crippen LogP contribution in [-0.4, -0.2) is 54.9 Å². The van der Waals surface area contributed by atoms with Crippen LogP contribution in [-0.2, 0) is 0 Å². The minimum atomic E-state index is 0.0657. The fraction of sp³-hybridized carbons (Fsp3) is 0.304. The molecule has 0 spiro atoms. The Morgan fingerprint density at radius 3 is 2.84 bits per heavy atom.